The fourth-order valence-electron chi connectivity index (χ4n) is 1.59. The van der Waals surface area contributed by atoms with Gasteiger partial charge >= 0.3 is 5.97 Å². The second-order valence-electron chi connectivity index (χ2n) is 4.36. The first-order valence-electron chi connectivity index (χ1n) is 5.40. The van der Waals surface area contributed by atoms with E-state index < -0.39 is 16.0 Å². The van der Waals surface area contributed by atoms with E-state index in [9.17, 15) is 13.2 Å². The molecule has 2 N–H and O–H groups in total. The first kappa shape index (κ1) is 13.4. The van der Waals surface area contributed by atoms with Gasteiger partial charge in [0.05, 0.1) is 17.0 Å². The van der Waals surface area contributed by atoms with E-state index in [0.29, 0.717) is 4.47 Å². The van der Waals surface area contributed by atoms with Crippen LogP contribution in [0.3, 0.4) is 0 Å². The van der Waals surface area contributed by atoms with Gasteiger partial charge in [0.1, 0.15) is 0 Å². The number of sulfonamides is 1. The summed E-state index contributed by atoms with van der Waals surface area (Å²) in [6.45, 7) is 0. The van der Waals surface area contributed by atoms with Crippen LogP contribution in [0.5, 0.6) is 0 Å². The number of carboxylic acid groups (broad SMARTS) is 1. The number of nitrogens with one attached hydrogen (secondary N) is 1. The van der Waals surface area contributed by atoms with Gasteiger partial charge in [-0.25, -0.2) is 13.2 Å². The van der Waals surface area contributed by atoms with E-state index in [1.807, 2.05) is 0 Å². The van der Waals surface area contributed by atoms with Crippen LogP contribution in [0.15, 0.2) is 22.7 Å². The van der Waals surface area contributed by atoms with Crippen molar-refractivity contribution in [2.24, 2.45) is 5.92 Å². The lowest BCUT2D eigenvalue weighted by Gasteiger charge is -2.08. The molecule has 98 valence electrons. The first-order valence-corrected chi connectivity index (χ1v) is 7.84. The van der Waals surface area contributed by atoms with Crippen molar-refractivity contribution in [3.63, 3.8) is 0 Å². The van der Waals surface area contributed by atoms with Crippen molar-refractivity contribution >= 4 is 37.6 Å². The molecule has 1 aromatic carbocycles. The summed E-state index contributed by atoms with van der Waals surface area (Å²) in [5, 5.41) is 8.89. The normalized spacial score (nSPS) is 15.4. The molecule has 5 nitrogen and oxygen atoms in total. The zero-order valence-corrected chi connectivity index (χ0v) is 11.8. The van der Waals surface area contributed by atoms with E-state index in [0.717, 1.165) is 12.8 Å². The van der Waals surface area contributed by atoms with Crippen molar-refractivity contribution in [3.8, 4) is 0 Å². The van der Waals surface area contributed by atoms with E-state index >= 15 is 0 Å². The monoisotopic (exact) mass is 333 g/mol. The third kappa shape index (κ3) is 3.71. The zero-order valence-electron chi connectivity index (χ0n) is 9.39. The smallest absolute Gasteiger partial charge is 0.335 e. The molecular weight excluding hydrogens is 322 g/mol. The summed E-state index contributed by atoms with van der Waals surface area (Å²) in [5.74, 6) is -0.755. The van der Waals surface area contributed by atoms with Gasteiger partial charge in [-0.15, -0.1) is 0 Å². The predicted molar refractivity (Wildman–Crippen MR) is 71.2 cm³/mol. The SMILES string of the molecule is O=C(O)c1cc(Br)cc(NS(=O)(=O)CC2CC2)c1. The summed E-state index contributed by atoms with van der Waals surface area (Å²) in [6, 6.07) is 4.26. The van der Waals surface area contributed by atoms with Gasteiger partial charge in [-0.1, -0.05) is 15.9 Å². The minimum atomic E-state index is -3.39. The molecule has 7 heteroatoms. The zero-order chi connectivity index (χ0) is 13.3. The number of benzene rings is 1. The van der Waals surface area contributed by atoms with Crippen LogP contribution in [-0.4, -0.2) is 25.2 Å². The highest BCUT2D eigenvalue weighted by Crippen LogP contribution is 2.31. The number of carbonyl (C=O) groups is 1. The van der Waals surface area contributed by atoms with Gasteiger partial charge in [0, 0.05) is 4.47 Å². The van der Waals surface area contributed by atoms with Gasteiger partial charge in [0.15, 0.2) is 0 Å². The maximum atomic E-state index is 11.8. The molecule has 1 aliphatic carbocycles. The molecule has 1 fully saturated rings. The van der Waals surface area contributed by atoms with Gasteiger partial charge in [-0.3, -0.25) is 4.72 Å². The molecule has 1 aromatic rings. The molecule has 0 radical (unpaired) electrons. The van der Waals surface area contributed by atoms with Crippen LogP contribution in [0, 0.1) is 5.92 Å². The Hall–Kier alpha value is -1.08. The Morgan fingerprint density at radius 3 is 2.61 bits per heavy atom. The Morgan fingerprint density at radius 1 is 1.39 bits per heavy atom. The van der Waals surface area contributed by atoms with Crippen molar-refractivity contribution in [1.82, 2.24) is 0 Å². The Labute approximate surface area is 113 Å². The molecule has 0 unspecified atom stereocenters. The fourth-order valence-corrected chi connectivity index (χ4v) is 3.60. The highest BCUT2D eigenvalue weighted by atomic mass is 79.9. The molecule has 1 aliphatic rings. The summed E-state index contributed by atoms with van der Waals surface area (Å²) in [4.78, 5) is 10.9. The molecular formula is C11H12BrNO4S. The number of hydrogen-bond donors (Lipinski definition) is 2. The Bertz CT molecular complexity index is 581. The highest BCUT2D eigenvalue weighted by molar-refractivity contribution is 9.10. The number of anilines is 1. The van der Waals surface area contributed by atoms with E-state index in [1.165, 1.54) is 18.2 Å². The largest absolute Gasteiger partial charge is 0.478 e. The van der Waals surface area contributed by atoms with Gasteiger partial charge in [-0.2, -0.15) is 0 Å². The lowest BCUT2D eigenvalue weighted by molar-refractivity contribution is 0.0697. The quantitative estimate of drug-likeness (QED) is 0.865. The molecule has 0 atom stereocenters. The summed E-state index contributed by atoms with van der Waals surface area (Å²) >= 11 is 3.15. The summed E-state index contributed by atoms with van der Waals surface area (Å²) < 4.78 is 26.5. The molecule has 18 heavy (non-hydrogen) atoms. The lowest BCUT2D eigenvalue weighted by atomic mass is 10.2. The van der Waals surface area contributed by atoms with E-state index in [4.69, 9.17) is 5.11 Å². The number of rotatable bonds is 5. The highest BCUT2D eigenvalue weighted by Gasteiger charge is 2.28. The molecule has 0 aromatic heterocycles. The van der Waals surface area contributed by atoms with Crippen LogP contribution >= 0.6 is 15.9 Å². The average Bonchev–Trinajstić information content (AvgIpc) is 2.98. The Balaban J connectivity index is 2.20. The van der Waals surface area contributed by atoms with E-state index in [1.54, 1.807) is 0 Å². The van der Waals surface area contributed by atoms with Crippen LogP contribution in [0.2, 0.25) is 0 Å². The molecule has 0 bridgehead atoms. The maximum absolute atomic E-state index is 11.8. The topological polar surface area (TPSA) is 83.5 Å². The third-order valence-corrected chi connectivity index (χ3v) is 4.48. The van der Waals surface area contributed by atoms with Crippen LogP contribution in [0.1, 0.15) is 23.2 Å². The molecule has 2 rings (SSSR count). The molecule has 0 amide bonds. The van der Waals surface area contributed by atoms with Crippen molar-refractivity contribution in [2.45, 2.75) is 12.8 Å². The van der Waals surface area contributed by atoms with Crippen LogP contribution in [0.25, 0.3) is 0 Å². The Morgan fingerprint density at radius 2 is 2.06 bits per heavy atom. The minimum absolute atomic E-state index is 0.0356. The third-order valence-electron chi connectivity index (χ3n) is 2.57. The Kier molecular flexibility index (Phi) is 3.63. The van der Waals surface area contributed by atoms with Crippen molar-refractivity contribution in [3.05, 3.63) is 28.2 Å². The number of carboxylic acids is 1. The fraction of sp³-hybridized carbons (Fsp3) is 0.364. The number of hydrogen-bond acceptors (Lipinski definition) is 3. The molecule has 0 aliphatic heterocycles. The minimum Gasteiger partial charge on any atom is -0.478 e. The number of halogens is 1. The van der Waals surface area contributed by atoms with Crippen molar-refractivity contribution in [2.75, 3.05) is 10.5 Å². The molecule has 1 saturated carbocycles. The van der Waals surface area contributed by atoms with Gasteiger partial charge in [0.2, 0.25) is 10.0 Å². The summed E-state index contributed by atoms with van der Waals surface area (Å²) in [7, 11) is -3.39. The standard InChI is InChI=1S/C11H12BrNO4S/c12-9-3-8(11(14)15)4-10(5-9)13-18(16,17)6-7-1-2-7/h3-5,7,13H,1-2,6H2,(H,14,15). The second kappa shape index (κ2) is 4.89. The lowest BCUT2D eigenvalue weighted by Crippen LogP contribution is -2.18. The van der Waals surface area contributed by atoms with Crippen LogP contribution < -0.4 is 4.72 Å². The molecule has 0 spiro atoms. The molecule has 0 saturated heterocycles. The first-order chi connectivity index (χ1) is 8.35. The van der Waals surface area contributed by atoms with Gasteiger partial charge < -0.3 is 5.11 Å². The van der Waals surface area contributed by atoms with E-state index in [2.05, 4.69) is 20.7 Å². The van der Waals surface area contributed by atoms with E-state index in [-0.39, 0.29) is 22.9 Å². The van der Waals surface area contributed by atoms with Crippen LogP contribution in [0.4, 0.5) is 5.69 Å². The average molecular weight is 334 g/mol. The number of aromatic carboxylic acids is 1. The predicted octanol–water partition coefficient (Wildman–Crippen LogP) is 2.30. The van der Waals surface area contributed by atoms with Crippen molar-refractivity contribution < 1.29 is 18.3 Å². The van der Waals surface area contributed by atoms with Gasteiger partial charge in [0.25, 0.3) is 0 Å². The summed E-state index contributed by atoms with van der Waals surface area (Å²) in [5.41, 5.74) is 0.302. The second-order valence-corrected chi connectivity index (χ2v) is 7.04. The van der Waals surface area contributed by atoms with Crippen molar-refractivity contribution in [1.29, 1.82) is 0 Å². The van der Waals surface area contributed by atoms with Gasteiger partial charge in [-0.05, 0) is 37.0 Å². The molecule has 0 heterocycles. The summed E-state index contributed by atoms with van der Waals surface area (Å²) in [6.07, 6.45) is 1.89. The maximum Gasteiger partial charge on any atom is 0.335 e. The van der Waals surface area contributed by atoms with Crippen LogP contribution in [-0.2, 0) is 10.0 Å².